The molecule has 10 heteroatoms. The van der Waals surface area contributed by atoms with E-state index in [2.05, 4.69) is 10.3 Å². The summed E-state index contributed by atoms with van der Waals surface area (Å²) in [4.78, 5) is 35.2. The van der Waals surface area contributed by atoms with E-state index >= 15 is 0 Å². The molecule has 1 aromatic rings. The van der Waals surface area contributed by atoms with Gasteiger partial charge in [-0.3, -0.25) is 14.9 Å². The number of pyridine rings is 1. The second kappa shape index (κ2) is 6.33. The van der Waals surface area contributed by atoms with Crippen LogP contribution in [0.3, 0.4) is 0 Å². The van der Waals surface area contributed by atoms with Gasteiger partial charge in [-0.2, -0.15) is 0 Å². The van der Waals surface area contributed by atoms with E-state index in [0.29, 0.717) is 0 Å². The maximum absolute atomic E-state index is 10.8. The van der Waals surface area contributed by atoms with E-state index in [1.54, 1.807) is 0 Å². The molecule has 0 unspecified atom stereocenters. The monoisotopic (exact) mass is 264 g/mol. The standard InChI is InChI=1S/C9H9BN4O5/c10-9(17)13-5(8(15)16)4-12-7-6(14(18)19)2-1-3-11-7/h1-3,5H,4H2,(H,11,12)(H,13,17)(H,15,16)/t5-/m0/s1. The van der Waals surface area contributed by atoms with E-state index in [-0.39, 0.29) is 18.1 Å². The highest BCUT2D eigenvalue weighted by Gasteiger charge is 2.20. The molecule has 1 rings (SSSR count). The molecular weight excluding hydrogens is 255 g/mol. The second-order valence-electron chi connectivity index (χ2n) is 3.41. The molecule has 0 bridgehead atoms. The molecule has 0 aliphatic carbocycles. The van der Waals surface area contributed by atoms with E-state index in [1.807, 2.05) is 5.32 Å². The Kier molecular flexibility index (Phi) is 4.80. The van der Waals surface area contributed by atoms with Crippen LogP contribution in [0.2, 0.25) is 0 Å². The van der Waals surface area contributed by atoms with Gasteiger partial charge >= 0.3 is 11.7 Å². The highest BCUT2D eigenvalue weighted by atomic mass is 16.6. The van der Waals surface area contributed by atoms with Gasteiger partial charge in [-0.1, -0.05) is 0 Å². The first-order valence-corrected chi connectivity index (χ1v) is 5.04. The number of hydrogen-bond acceptors (Lipinski definition) is 6. The third kappa shape index (κ3) is 4.26. The average molecular weight is 264 g/mol. The van der Waals surface area contributed by atoms with E-state index in [4.69, 9.17) is 13.0 Å². The van der Waals surface area contributed by atoms with E-state index in [9.17, 15) is 19.7 Å². The van der Waals surface area contributed by atoms with Crippen molar-refractivity contribution in [1.82, 2.24) is 10.3 Å². The number of carbonyl (C=O) groups excluding carboxylic acids is 1. The van der Waals surface area contributed by atoms with Gasteiger partial charge in [0, 0.05) is 18.8 Å². The van der Waals surface area contributed by atoms with Crippen LogP contribution in [0.15, 0.2) is 18.3 Å². The summed E-state index contributed by atoms with van der Waals surface area (Å²) < 4.78 is 0. The third-order valence-electron chi connectivity index (χ3n) is 2.07. The number of anilines is 1. The third-order valence-corrected chi connectivity index (χ3v) is 2.07. The lowest BCUT2D eigenvalue weighted by molar-refractivity contribution is -0.384. The van der Waals surface area contributed by atoms with E-state index < -0.39 is 22.7 Å². The number of hydrogen-bond donors (Lipinski definition) is 3. The SMILES string of the molecule is [B]C(=O)N[C@@H](CNc1ncccc1[N+](=O)[O-])C(=O)O. The van der Waals surface area contributed by atoms with Crippen molar-refractivity contribution in [2.45, 2.75) is 6.04 Å². The number of carbonyl (C=O) groups is 2. The zero-order valence-corrected chi connectivity index (χ0v) is 9.57. The second-order valence-corrected chi connectivity index (χ2v) is 3.41. The summed E-state index contributed by atoms with van der Waals surface area (Å²) in [6, 6.07) is 1.27. The van der Waals surface area contributed by atoms with Gasteiger partial charge in [-0.15, -0.1) is 0 Å². The molecule has 0 aliphatic rings. The molecule has 0 fully saturated rings. The molecule has 19 heavy (non-hydrogen) atoms. The highest BCUT2D eigenvalue weighted by molar-refractivity contribution is 6.57. The summed E-state index contributed by atoms with van der Waals surface area (Å²) in [6.07, 6.45) is 1.31. The van der Waals surface area contributed by atoms with Gasteiger partial charge in [0.25, 0.3) is 0 Å². The van der Waals surface area contributed by atoms with Gasteiger partial charge in [0.2, 0.25) is 13.7 Å². The Morgan fingerprint density at radius 3 is 2.79 bits per heavy atom. The smallest absolute Gasteiger partial charge is 0.328 e. The molecule has 0 aliphatic heterocycles. The molecule has 1 heterocycles. The normalized spacial score (nSPS) is 11.4. The van der Waals surface area contributed by atoms with Crippen LogP contribution in [-0.2, 0) is 4.79 Å². The van der Waals surface area contributed by atoms with Crippen molar-refractivity contribution >= 4 is 31.1 Å². The first-order valence-electron chi connectivity index (χ1n) is 5.04. The zero-order valence-electron chi connectivity index (χ0n) is 9.57. The molecule has 0 saturated heterocycles. The molecule has 9 nitrogen and oxygen atoms in total. The Bertz CT molecular complexity index is 509. The lowest BCUT2D eigenvalue weighted by atomic mass is 10.1. The fraction of sp³-hybridized carbons (Fsp3) is 0.222. The molecule has 98 valence electrons. The lowest BCUT2D eigenvalue weighted by Gasteiger charge is -2.14. The topological polar surface area (TPSA) is 134 Å². The minimum atomic E-state index is -1.33. The number of nitrogens with zero attached hydrogens (tertiary/aromatic N) is 2. The predicted molar refractivity (Wildman–Crippen MR) is 65.1 cm³/mol. The number of carboxylic acids is 1. The van der Waals surface area contributed by atoms with Crippen molar-refractivity contribution in [2.75, 3.05) is 11.9 Å². The van der Waals surface area contributed by atoms with Crippen LogP contribution in [0, 0.1) is 10.1 Å². The fourth-order valence-electron chi connectivity index (χ4n) is 1.25. The number of nitro groups is 1. The Labute approximate surface area is 108 Å². The van der Waals surface area contributed by atoms with Crippen LogP contribution in [0.1, 0.15) is 0 Å². The first-order chi connectivity index (χ1) is 8.91. The molecule has 1 amide bonds. The number of nitrogens with one attached hydrogen (secondary N) is 2. The van der Waals surface area contributed by atoms with Crippen LogP contribution >= 0.6 is 0 Å². The number of carboxylic acid groups (broad SMARTS) is 1. The van der Waals surface area contributed by atoms with Crippen molar-refractivity contribution in [3.63, 3.8) is 0 Å². The van der Waals surface area contributed by atoms with Crippen LogP contribution in [0.4, 0.5) is 16.3 Å². The van der Waals surface area contributed by atoms with Crippen LogP contribution in [0.5, 0.6) is 0 Å². The minimum absolute atomic E-state index is 0.0926. The number of amides is 1. The number of aliphatic carboxylic acids is 1. The van der Waals surface area contributed by atoms with Gasteiger partial charge < -0.3 is 15.7 Å². The molecule has 3 N–H and O–H groups in total. The van der Waals surface area contributed by atoms with Crippen molar-refractivity contribution < 1.29 is 19.6 Å². The molecule has 0 spiro atoms. The van der Waals surface area contributed by atoms with Gasteiger partial charge in [-0.05, 0) is 6.07 Å². The minimum Gasteiger partial charge on any atom is -0.480 e. The molecular formula is C9H9BN4O5. The quantitative estimate of drug-likeness (QED) is 0.365. The molecule has 1 atom stereocenters. The summed E-state index contributed by atoms with van der Waals surface area (Å²) in [7, 11) is 4.81. The summed E-state index contributed by atoms with van der Waals surface area (Å²) in [5, 5.41) is 24.0. The van der Waals surface area contributed by atoms with Crippen molar-refractivity contribution in [3.05, 3.63) is 28.4 Å². The van der Waals surface area contributed by atoms with Gasteiger partial charge in [0.1, 0.15) is 6.04 Å². The average Bonchev–Trinajstić information content (AvgIpc) is 2.34. The van der Waals surface area contributed by atoms with Crippen molar-refractivity contribution in [1.29, 1.82) is 0 Å². The molecule has 0 saturated carbocycles. The van der Waals surface area contributed by atoms with Crippen LogP contribution in [0.25, 0.3) is 0 Å². The molecule has 0 aromatic carbocycles. The molecule has 2 radical (unpaired) electrons. The van der Waals surface area contributed by atoms with Crippen LogP contribution in [-0.4, -0.2) is 47.2 Å². The van der Waals surface area contributed by atoms with Gasteiger partial charge in [0.05, 0.1) is 4.92 Å². The number of aromatic nitrogens is 1. The predicted octanol–water partition coefficient (Wildman–Crippen LogP) is -0.267. The lowest BCUT2D eigenvalue weighted by Crippen LogP contribution is -2.45. The summed E-state index contributed by atoms with van der Waals surface area (Å²) in [6.45, 7) is -0.296. The number of rotatable bonds is 6. The zero-order chi connectivity index (χ0) is 14.4. The van der Waals surface area contributed by atoms with Crippen LogP contribution < -0.4 is 10.6 Å². The Morgan fingerprint density at radius 1 is 1.58 bits per heavy atom. The van der Waals surface area contributed by atoms with Gasteiger partial charge in [0.15, 0.2) is 5.81 Å². The van der Waals surface area contributed by atoms with Crippen molar-refractivity contribution in [2.24, 2.45) is 0 Å². The highest BCUT2D eigenvalue weighted by Crippen LogP contribution is 2.19. The summed E-state index contributed by atoms with van der Waals surface area (Å²) >= 11 is 0. The first kappa shape index (κ1) is 14.4. The Balaban J connectivity index is 2.77. The summed E-state index contributed by atoms with van der Waals surface area (Å²) in [5.41, 5.74) is -0.300. The van der Waals surface area contributed by atoms with E-state index in [1.165, 1.54) is 18.3 Å². The summed E-state index contributed by atoms with van der Waals surface area (Å²) in [5.74, 6) is -2.43. The maximum Gasteiger partial charge on any atom is 0.328 e. The fourth-order valence-corrected chi connectivity index (χ4v) is 1.25. The largest absolute Gasteiger partial charge is 0.480 e. The maximum atomic E-state index is 10.8. The Hall–Kier alpha value is -2.65. The van der Waals surface area contributed by atoms with Crippen molar-refractivity contribution in [3.8, 4) is 0 Å². The van der Waals surface area contributed by atoms with E-state index in [0.717, 1.165) is 0 Å². The Morgan fingerprint density at radius 2 is 2.26 bits per heavy atom. The van der Waals surface area contributed by atoms with Gasteiger partial charge in [-0.25, -0.2) is 9.78 Å². The molecule has 1 aromatic heterocycles.